The van der Waals surface area contributed by atoms with Crippen LogP contribution in [0.15, 0.2) is 23.7 Å². The van der Waals surface area contributed by atoms with Crippen molar-refractivity contribution in [2.24, 2.45) is 5.92 Å². The Balaban J connectivity index is 2.24. The van der Waals surface area contributed by atoms with Gasteiger partial charge in [-0.3, -0.25) is 4.79 Å². The first kappa shape index (κ1) is 7.59. The number of ether oxygens (including phenoxy) is 1. The summed E-state index contributed by atoms with van der Waals surface area (Å²) in [6.07, 6.45) is 6.42. The van der Waals surface area contributed by atoms with Crippen LogP contribution in [0.4, 0.5) is 0 Å². The Kier molecular flexibility index (Phi) is 1.75. The highest BCUT2D eigenvalue weighted by molar-refractivity contribution is 5.91. The first-order chi connectivity index (χ1) is 5.75. The van der Waals surface area contributed by atoms with Gasteiger partial charge in [0.2, 0.25) is 0 Å². The van der Waals surface area contributed by atoms with Gasteiger partial charge in [-0.15, -0.1) is 0 Å². The highest BCUT2D eigenvalue weighted by atomic mass is 16.5. The molecule has 0 N–H and O–H groups in total. The van der Waals surface area contributed by atoms with E-state index in [-0.39, 0.29) is 5.78 Å². The molecule has 1 unspecified atom stereocenters. The normalized spacial score (nSPS) is 28.4. The van der Waals surface area contributed by atoms with Gasteiger partial charge in [0, 0.05) is 18.4 Å². The van der Waals surface area contributed by atoms with Gasteiger partial charge in [-0.1, -0.05) is 0 Å². The van der Waals surface area contributed by atoms with Gasteiger partial charge in [-0.2, -0.15) is 0 Å². The number of allylic oxidation sites excluding steroid dienone is 4. The summed E-state index contributed by atoms with van der Waals surface area (Å²) in [6, 6.07) is 0. The molecule has 1 heterocycles. The van der Waals surface area contributed by atoms with Crippen LogP contribution in [0.3, 0.4) is 0 Å². The summed E-state index contributed by atoms with van der Waals surface area (Å²) in [4.78, 5) is 11.0. The van der Waals surface area contributed by atoms with E-state index >= 15 is 0 Å². The number of fused-ring (bicyclic) bond motifs is 1. The lowest BCUT2D eigenvalue weighted by Gasteiger charge is -2.26. The molecule has 1 aliphatic carbocycles. The summed E-state index contributed by atoms with van der Waals surface area (Å²) in [6.45, 7) is 1.93. The SMILES string of the molecule is CC1=CCC2CCC(=O)C=C2O1. The number of hydrogen-bond acceptors (Lipinski definition) is 2. The molecular weight excluding hydrogens is 152 g/mol. The third-order valence-corrected chi connectivity index (χ3v) is 2.41. The van der Waals surface area contributed by atoms with E-state index in [0.717, 1.165) is 24.4 Å². The maximum absolute atomic E-state index is 11.0. The zero-order valence-corrected chi connectivity index (χ0v) is 7.17. The van der Waals surface area contributed by atoms with Crippen molar-refractivity contribution in [1.29, 1.82) is 0 Å². The highest BCUT2D eigenvalue weighted by Crippen LogP contribution is 2.32. The van der Waals surface area contributed by atoms with Crippen molar-refractivity contribution in [2.45, 2.75) is 26.2 Å². The first-order valence-electron chi connectivity index (χ1n) is 4.35. The smallest absolute Gasteiger partial charge is 0.159 e. The van der Waals surface area contributed by atoms with Gasteiger partial charge in [-0.25, -0.2) is 0 Å². The Hall–Kier alpha value is -1.05. The van der Waals surface area contributed by atoms with Crippen molar-refractivity contribution in [2.75, 3.05) is 0 Å². The van der Waals surface area contributed by atoms with Gasteiger partial charge < -0.3 is 4.74 Å². The predicted molar refractivity (Wildman–Crippen MR) is 45.3 cm³/mol. The summed E-state index contributed by atoms with van der Waals surface area (Å²) in [5.41, 5.74) is 0. The van der Waals surface area contributed by atoms with E-state index in [1.54, 1.807) is 6.08 Å². The highest BCUT2D eigenvalue weighted by Gasteiger charge is 2.25. The molecule has 0 aromatic rings. The molecule has 2 aliphatic rings. The van der Waals surface area contributed by atoms with Crippen molar-refractivity contribution in [3.05, 3.63) is 23.7 Å². The second kappa shape index (κ2) is 2.77. The average Bonchev–Trinajstić information content (AvgIpc) is 2.03. The van der Waals surface area contributed by atoms with E-state index in [9.17, 15) is 4.79 Å². The standard InChI is InChI=1S/C10H12O2/c1-7-2-3-8-4-5-9(11)6-10(8)12-7/h2,6,8H,3-5H2,1H3. The van der Waals surface area contributed by atoms with Crippen LogP contribution in [0.1, 0.15) is 26.2 Å². The lowest BCUT2D eigenvalue weighted by Crippen LogP contribution is -2.18. The molecule has 0 aromatic carbocycles. The van der Waals surface area contributed by atoms with Gasteiger partial charge in [-0.05, 0) is 25.8 Å². The van der Waals surface area contributed by atoms with Crippen LogP contribution in [0.5, 0.6) is 0 Å². The summed E-state index contributed by atoms with van der Waals surface area (Å²) >= 11 is 0. The fourth-order valence-electron chi connectivity index (χ4n) is 1.69. The van der Waals surface area contributed by atoms with E-state index in [2.05, 4.69) is 6.08 Å². The minimum absolute atomic E-state index is 0.205. The second-order valence-electron chi connectivity index (χ2n) is 3.40. The molecule has 0 saturated heterocycles. The Bertz CT molecular complexity index is 274. The molecule has 2 nitrogen and oxygen atoms in total. The van der Waals surface area contributed by atoms with Crippen molar-refractivity contribution in [1.82, 2.24) is 0 Å². The fourth-order valence-corrected chi connectivity index (χ4v) is 1.69. The third-order valence-electron chi connectivity index (χ3n) is 2.41. The minimum Gasteiger partial charge on any atom is -0.466 e. The largest absolute Gasteiger partial charge is 0.466 e. The van der Waals surface area contributed by atoms with Crippen LogP contribution in [0.2, 0.25) is 0 Å². The number of rotatable bonds is 0. The van der Waals surface area contributed by atoms with Crippen LogP contribution in [0.25, 0.3) is 0 Å². The molecule has 1 aliphatic heterocycles. The Morgan fingerprint density at radius 2 is 2.42 bits per heavy atom. The van der Waals surface area contributed by atoms with Crippen LogP contribution in [-0.2, 0) is 9.53 Å². The lowest BCUT2D eigenvalue weighted by atomic mass is 9.89. The first-order valence-corrected chi connectivity index (χ1v) is 4.35. The minimum atomic E-state index is 0.205. The quantitative estimate of drug-likeness (QED) is 0.548. The molecule has 0 fully saturated rings. The Morgan fingerprint density at radius 3 is 3.25 bits per heavy atom. The molecular formula is C10H12O2. The number of carbonyl (C=O) groups is 1. The molecule has 0 saturated carbocycles. The van der Waals surface area contributed by atoms with Gasteiger partial charge in [0.1, 0.15) is 5.76 Å². The van der Waals surface area contributed by atoms with E-state index in [4.69, 9.17) is 4.74 Å². The van der Waals surface area contributed by atoms with Gasteiger partial charge in [0.05, 0.1) is 5.76 Å². The number of hydrogen-bond donors (Lipinski definition) is 0. The van der Waals surface area contributed by atoms with Crippen molar-refractivity contribution < 1.29 is 9.53 Å². The molecule has 12 heavy (non-hydrogen) atoms. The van der Waals surface area contributed by atoms with Gasteiger partial charge in [0.15, 0.2) is 5.78 Å². The number of ketones is 1. The summed E-state index contributed by atoms with van der Waals surface area (Å²) in [5, 5.41) is 0. The summed E-state index contributed by atoms with van der Waals surface area (Å²) in [7, 11) is 0. The van der Waals surface area contributed by atoms with Gasteiger partial charge >= 0.3 is 0 Å². The summed E-state index contributed by atoms with van der Waals surface area (Å²) in [5.74, 6) is 2.47. The topological polar surface area (TPSA) is 26.3 Å². The monoisotopic (exact) mass is 164 g/mol. The average molecular weight is 164 g/mol. The molecule has 1 atom stereocenters. The molecule has 0 spiro atoms. The second-order valence-corrected chi connectivity index (χ2v) is 3.40. The molecule has 0 aromatic heterocycles. The molecule has 64 valence electrons. The van der Waals surface area contributed by atoms with Crippen molar-refractivity contribution in [3.63, 3.8) is 0 Å². The molecule has 2 rings (SSSR count). The maximum atomic E-state index is 11.0. The predicted octanol–water partition coefficient (Wildman–Crippen LogP) is 2.17. The zero-order valence-electron chi connectivity index (χ0n) is 7.17. The molecule has 0 bridgehead atoms. The summed E-state index contributed by atoms with van der Waals surface area (Å²) < 4.78 is 5.46. The maximum Gasteiger partial charge on any atom is 0.159 e. The fraction of sp³-hybridized carbons (Fsp3) is 0.500. The van der Waals surface area contributed by atoms with Crippen molar-refractivity contribution >= 4 is 5.78 Å². The van der Waals surface area contributed by atoms with Crippen LogP contribution in [0, 0.1) is 5.92 Å². The van der Waals surface area contributed by atoms with E-state index < -0.39 is 0 Å². The van der Waals surface area contributed by atoms with Crippen LogP contribution < -0.4 is 0 Å². The molecule has 0 radical (unpaired) electrons. The molecule has 0 amide bonds. The van der Waals surface area contributed by atoms with E-state index in [0.29, 0.717) is 12.3 Å². The third kappa shape index (κ3) is 1.29. The lowest BCUT2D eigenvalue weighted by molar-refractivity contribution is -0.115. The Morgan fingerprint density at radius 1 is 1.58 bits per heavy atom. The van der Waals surface area contributed by atoms with E-state index in [1.807, 2.05) is 6.92 Å². The van der Waals surface area contributed by atoms with Crippen molar-refractivity contribution in [3.8, 4) is 0 Å². The van der Waals surface area contributed by atoms with Crippen LogP contribution in [-0.4, -0.2) is 5.78 Å². The van der Waals surface area contributed by atoms with Gasteiger partial charge in [0.25, 0.3) is 0 Å². The van der Waals surface area contributed by atoms with Crippen LogP contribution >= 0.6 is 0 Å². The Labute approximate surface area is 71.9 Å². The van der Waals surface area contributed by atoms with E-state index in [1.165, 1.54) is 0 Å². The zero-order chi connectivity index (χ0) is 8.55. The number of carbonyl (C=O) groups excluding carboxylic acids is 1. The molecule has 2 heteroatoms.